The lowest BCUT2D eigenvalue weighted by Crippen LogP contribution is -2.23. The van der Waals surface area contributed by atoms with Crippen molar-refractivity contribution in [3.05, 3.63) is 17.2 Å². The first-order valence-corrected chi connectivity index (χ1v) is 6.91. The first-order chi connectivity index (χ1) is 9.55. The van der Waals surface area contributed by atoms with Crippen LogP contribution in [0.5, 0.6) is 11.5 Å². The van der Waals surface area contributed by atoms with Crippen molar-refractivity contribution in [2.24, 2.45) is 11.7 Å². The highest BCUT2D eigenvalue weighted by Gasteiger charge is 2.28. The summed E-state index contributed by atoms with van der Waals surface area (Å²) in [6.45, 7) is 0. The van der Waals surface area contributed by atoms with E-state index in [4.69, 9.17) is 26.8 Å². The molecule has 0 aliphatic heterocycles. The third kappa shape index (κ3) is 4.15. The lowest BCUT2D eigenvalue weighted by Gasteiger charge is -2.15. The van der Waals surface area contributed by atoms with E-state index in [0.29, 0.717) is 22.2 Å². The van der Waals surface area contributed by atoms with Gasteiger partial charge in [-0.1, -0.05) is 11.6 Å². The molecule has 1 aromatic rings. The molecule has 0 spiro atoms. The Balaban J connectivity index is 0.00000220. The number of nitrogens with two attached hydrogens (primary N) is 1. The molecule has 2 unspecified atom stereocenters. The van der Waals surface area contributed by atoms with Gasteiger partial charge in [0.2, 0.25) is 5.91 Å². The van der Waals surface area contributed by atoms with E-state index >= 15 is 0 Å². The van der Waals surface area contributed by atoms with E-state index in [1.807, 2.05) is 0 Å². The summed E-state index contributed by atoms with van der Waals surface area (Å²) in [5.74, 6) is 0.911. The maximum atomic E-state index is 12.2. The van der Waals surface area contributed by atoms with E-state index in [-0.39, 0.29) is 30.3 Å². The van der Waals surface area contributed by atoms with Gasteiger partial charge in [-0.2, -0.15) is 0 Å². The lowest BCUT2D eigenvalue weighted by atomic mass is 10.1. The number of carbonyl (C=O) groups excluding carboxylic acids is 1. The highest BCUT2D eigenvalue weighted by Crippen LogP contribution is 2.36. The minimum atomic E-state index is -0.0450. The van der Waals surface area contributed by atoms with Crippen molar-refractivity contribution in [2.75, 3.05) is 19.5 Å². The predicted octanol–water partition coefficient (Wildman–Crippen LogP) is 2.84. The summed E-state index contributed by atoms with van der Waals surface area (Å²) < 4.78 is 10.4. The van der Waals surface area contributed by atoms with Gasteiger partial charge in [-0.3, -0.25) is 4.79 Å². The molecule has 0 saturated heterocycles. The minimum Gasteiger partial charge on any atom is -0.495 e. The van der Waals surface area contributed by atoms with Crippen LogP contribution < -0.4 is 20.5 Å². The van der Waals surface area contributed by atoms with Crippen LogP contribution in [-0.2, 0) is 4.79 Å². The number of nitrogens with one attached hydrogen (secondary N) is 1. The Hall–Kier alpha value is -1.17. The van der Waals surface area contributed by atoms with Crippen LogP contribution in [-0.4, -0.2) is 26.2 Å². The van der Waals surface area contributed by atoms with E-state index in [9.17, 15) is 4.79 Å². The Labute approximate surface area is 135 Å². The zero-order valence-electron chi connectivity index (χ0n) is 12.0. The van der Waals surface area contributed by atoms with Crippen LogP contribution in [0.4, 0.5) is 5.69 Å². The zero-order valence-corrected chi connectivity index (χ0v) is 13.6. The second-order valence-corrected chi connectivity index (χ2v) is 5.35. The molecule has 0 aromatic heterocycles. The molecule has 118 valence electrons. The summed E-state index contributed by atoms with van der Waals surface area (Å²) in [6.07, 6.45) is 2.43. The van der Waals surface area contributed by atoms with E-state index in [1.54, 1.807) is 12.1 Å². The number of rotatable bonds is 4. The Morgan fingerprint density at radius 2 is 1.95 bits per heavy atom. The summed E-state index contributed by atoms with van der Waals surface area (Å²) in [5, 5.41) is 3.30. The standard InChI is InChI=1S/C14H19ClN2O3.ClH/c1-19-12-7-11(13(20-2)6-10(12)15)17-14(18)8-3-4-9(16)5-8;/h6-9H,3-5,16H2,1-2H3,(H,17,18);1H. The van der Waals surface area contributed by atoms with Crippen LogP contribution in [0.2, 0.25) is 5.02 Å². The molecule has 2 rings (SSSR count). The van der Waals surface area contributed by atoms with Crippen molar-refractivity contribution in [1.82, 2.24) is 0 Å². The number of amides is 1. The summed E-state index contributed by atoms with van der Waals surface area (Å²) in [7, 11) is 3.05. The fourth-order valence-electron chi connectivity index (χ4n) is 2.45. The largest absolute Gasteiger partial charge is 0.495 e. The van der Waals surface area contributed by atoms with Gasteiger partial charge in [0.05, 0.1) is 24.9 Å². The predicted molar refractivity (Wildman–Crippen MR) is 85.8 cm³/mol. The van der Waals surface area contributed by atoms with Crippen molar-refractivity contribution < 1.29 is 14.3 Å². The Kier molecular flexibility index (Phi) is 6.58. The van der Waals surface area contributed by atoms with Gasteiger partial charge in [0.25, 0.3) is 0 Å². The Bertz CT molecular complexity index is 511. The van der Waals surface area contributed by atoms with Crippen LogP contribution in [0.1, 0.15) is 19.3 Å². The molecule has 1 fully saturated rings. The quantitative estimate of drug-likeness (QED) is 0.887. The van der Waals surface area contributed by atoms with E-state index in [0.717, 1.165) is 19.3 Å². The molecule has 1 saturated carbocycles. The maximum absolute atomic E-state index is 12.2. The van der Waals surface area contributed by atoms with Gasteiger partial charge in [-0.25, -0.2) is 0 Å². The monoisotopic (exact) mass is 334 g/mol. The van der Waals surface area contributed by atoms with Gasteiger partial charge in [0.1, 0.15) is 11.5 Å². The SMILES string of the molecule is COc1cc(NC(=O)C2CCC(N)C2)c(OC)cc1Cl.Cl. The fraction of sp³-hybridized carbons (Fsp3) is 0.500. The van der Waals surface area contributed by atoms with E-state index in [1.165, 1.54) is 14.2 Å². The minimum absolute atomic E-state index is 0. The number of ether oxygens (including phenoxy) is 2. The molecule has 2 atom stereocenters. The molecule has 0 heterocycles. The molecular weight excluding hydrogens is 315 g/mol. The highest BCUT2D eigenvalue weighted by atomic mass is 35.5. The van der Waals surface area contributed by atoms with Crippen LogP contribution in [0, 0.1) is 5.92 Å². The third-order valence-corrected chi connectivity index (χ3v) is 3.87. The van der Waals surface area contributed by atoms with E-state index in [2.05, 4.69) is 5.32 Å². The van der Waals surface area contributed by atoms with Gasteiger partial charge in [0.15, 0.2) is 0 Å². The molecule has 1 aromatic carbocycles. The number of methoxy groups -OCH3 is 2. The summed E-state index contributed by atoms with van der Waals surface area (Å²) in [6, 6.07) is 3.40. The van der Waals surface area contributed by atoms with Gasteiger partial charge in [-0.15, -0.1) is 12.4 Å². The fourth-order valence-corrected chi connectivity index (χ4v) is 2.68. The average Bonchev–Trinajstić information content (AvgIpc) is 2.87. The highest BCUT2D eigenvalue weighted by molar-refractivity contribution is 6.32. The zero-order chi connectivity index (χ0) is 14.7. The third-order valence-electron chi connectivity index (χ3n) is 3.58. The molecule has 7 heteroatoms. The number of anilines is 1. The number of hydrogen-bond donors (Lipinski definition) is 2. The molecule has 0 radical (unpaired) electrons. The molecule has 0 bridgehead atoms. The van der Waals surface area contributed by atoms with Gasteiger partial charge < -0.3 is 20.5 Å². The molecule has 3 N–H and O–H groups in total. The molecule has 5 nitrogen and oxygen atoms in total. The number of carbonyl (C=O) groups is 1. The van der Waals surface area contributed by atoms with Crippen molar-refractivity contribution in [2.45, 2.75) is 25.3 Å². The second-order valence-electron chi connectivity index (χ2n) is 4.95. The molecular formula is C14H20Cl2N2O3. The molecule has 1 aliphatic carbocycles. The van der Waals surface area contributed by atoms with Crippen LogP contribution in [0.25, 0.3) is 0 Å². The lowest BCUT2D eigenvalue weighted by molar-refractivity contribution is -0.119. The number of hydrogen-bond acceptors (Lipinski definition) is 4. The molecule has 21 heavy (non-hydrogen) atoms. The molecule has 1 amide bonds. The van der Waals surface area contributed by atoms with Crippen molar-refractivity contribution in [3.8, 4) is 11.5 Å². The first-order valence-electron chi connectivity index (χ1n) is 6.53. The maximum Gasteiger partial charge on any atom is 0.227 e. The average molecular weight is 335 g/mol. The van der Waals surface area contributed by atoms with Crippen LogP contribution in [0.15, 0.2) is 12.1 Å². The van der Waals surface area contributed by atoms with Gasteiger partial charge in [0, 0.05) is 24.1 Å². The van der Waals surface area contributed by atoms with Crippen LogP contribution in [0.3, 0.4) is 0 Å². The summed E-state index contributed by atoms with van der Waals surface area (Å²) in [4.78, 5) is 12.2. The van der Waals surface area contributed by atoms with Gasteiger partial charge >= 0.3 is 0 Å². The van der Waals surface area contributed by atoms with Crippen molar-refractivity contribution >= 4 is 35.6 Å². The Morgan fingerprint density at radius 3 is 2.48 bits per heavy atom. The smallest absolute Gasteiger partial charge is 0.227 e. The number of halogens is 2. The topological polar surface area (TPSA) is 73.6 Å². The second kappa shape index (κ2) is 7.73. The normalized spacial score (nSPS) is 20.6. The molecule has 1 aliphatic rings. The van der Waals surface area contributed by atoms with Gasteiger partial charge in [-0.05, 0) is 19.3 Å². The van der Waals surface area contributed by atoms with Crippen molar-refractivity contribution in [1.29, 1.82) is 0 Å². The Morgan fingerprint density at radius 1 is 1.29 bits per heavy atom. The first kappa shape index (κ1) is 17.9. The van der Waals surface area contributed by atoms with Crippen molar-refractivity contribution in [3.63, 3.8) is 0 Å². The summed E-state index contributed by atoms with van der Waals surface area (Å²) in [5.41, 5.74) is 6.39. The van der Waals surface area contributed by atoms with Crippen LogP contribution >= 0.6 is 24.0 Å². The number of benzene rings is 1. The van der Waals surface area contributed by atoms with E-state index < -0.39 is 0 Å². The summed E-state index contributed by atoms with van der Waals surface area (Å²) >= 11 is 6.03.